The van der Waals surface area contributed by atoms with Crippen LogP contribution in [-0.2, 0) is 16.4 Å². The Balaban J connectivity index is 1.66. The number of sulfonamides is 1. The number of anilines is 1. The van der Waals surface area contributed by atoms with E-state index < -0.39 is 16.1 Å². The lowest BCUT2D eigenvalue weighted by Gasteiger charge is -2.10. The number of hydrogen-bond acceptors (Lipinski definition) is 5. The summed E-state index contributed by atoms with van der Waals surface area (Å²) in [5.74, 6) is 0. The number of aliphatic hydroxyl groups excluding tert-OH is 1. The zero-order valence-electron chi connectivity index (χ0n) is 14.6. The van der Waals surface area contributed by atoms with Gasteiger partial charge in [0.05, 0.1) is 16.7 Å². The van der Waals surface area contributed by atoms with Crippen molar-refractivity contribution in [2.24, 2.45) is 0 Å². The minimum Gasteiger partial charge on any atom is -0.388 e. The van der Waals surface area contributed by atoms with Crippen molar-refractivity contribution in [1.82, 2.24) is 4.98 Å². The van der Waals surface area contributed by atoms with Crippen LogP contribution in [0.2, 0.25) is 5.02 Å². The first-order chi connectivity index (χ1) is 12.9. The molecule has 0 aliphatic heterocycles. The molecule has 0 spiro atoms. The van der Waals surface area contributed by atoms with Crippen LogP contribution in [0, 0.1) is 6.92 Å². The molecule has 0 bridgehead atoms. The third kappa shape index (κ3) is 4.87. The molecule has 1 atom stereocenters. The Bertz CT molecular complexity index is 1020. The van der Waals surface area contributed by atoms with Crippen LogP contribution >= 0.6 is 22.9 Å². The molecule has 0 radical (unpaired) electrons. The number of thiazole rings is 1. The van der Waals surface area contributed by atoms with Gasteiger partial charge < -0.3 is 5.11 Å². The SMILES string of the molecule is Cc1c(Cl)cccc1S(=O)(=O)Nc1nc(CC[C@@H](O)c2ccccc2)cs1. The predicted octanol–water partition coefficient (Wildman–Crippen LogP) is 4.57. The molecule has 0 saturated heterocycles. The quantitative estimate of drug-likeness (QED) is 0.584. The van der Waals surface area contributed by atoms with Gasteiger partial charge in [0.15, 0.2) is 5.13 Å². The largest absolute Gasteiger partial charge is 0.388 e. The van der Waals surface area contributed by atoms with Gasteiger partial charge >= 0.3 is 0 Å². The van der Waals surface area contributed by atoms with Gasteiger partial charge in [0.1, 0.15) is 0 Å². The lowest BCUT2D eigenvalue weighted by molar-refractivity contribution is 0.167. The molecule has 27 heavy (non-hydrogen) atoms. The van der Waals surface area contributed by atoms with Gasteiger partial charge in [-0.3, -0.25) is 4.72 Å². The summed E-state index contributed by atoms with van der Waals surface area (Å²) in [7, 11) is -3.76. The average Bonchev–Trinajstić information content (AvgIpc) is 3.09. The van der Waals surface area contributed by atoms with Crippen molar-refractivity contribution in [2.45, 2.75) is 30.8 Å². The van der Waals surface area contributed by atoms with Crippen molar-refractivity contribution in [3.05, 3.63) is 75.8 Å². The maximum Gasteiger partial charge on any atom is 0.263 e. The van der Waals surface area contributed by atoms with Gasteiger partial charge in [-0.2, -0.15) is 0 Å². The van der Waals surface area contributed by atoms with Crippen molar-refractivity contribution in [3.63, 3.8) is 0 Å². The van der Waals surface area contributed by atoms with Gasteiger partial charge in [0.25, 0.3) is 10.0 Å². The van der Waals surface area contributed by atoms with E-state index in [0.29, 0.717) is 28.6 Å². The van der Waals surface area contributed by atoms with E-state index in [-0.39, 0.29) is 4.90 Å². The number of benzene rings is 2. The Morgan fingerprint density at radius 2 is 1.93 bits per heavy atom. The van der Waals surface area contributed by atoms with Crippen LogP contribution < -0.4 is 4.72 Å². The molecule has 3 aromatic rings. The topological polar surface area (TPSA) is 79.3 Å². The second-order valence-electron chi connectivity index (χ2n) is 6.08. The molecule has 1 heterocycles. The van der Waals surface area contributed by atoms with Crippen molar-refractivity contribution in [1.29, 1.82) is 0 Å². The molecule has 0 unspecified atom stereocenters. The molecule has 0 aliphatic carbocycles. The standard InChI is InChI=1S/C19H19ClN2O3S2/c1-13-16(20)8-5-9-18(13)27(24,25)22-19-21-15(12-26-19)10-11-17(23)14-6-3-2-4-7-14/h2-9,12,17,23H,10-11H2,1H3,(H,21,22)/t17-/m1/s1. The lowest BCUT2D eigenvalue weighted by Crippen LogP contribution is -2.14. The van der Waals surface area contributed by atoms with Crippen molar-refractivity contribution < 1.29 is 13.5 Å². The molecule has 2 N–H and O–H groups in total. The Kier molecular flexibility index (Phi) is 6.16. The molecule has 1 aromatic heterocycles. The van der Waals surface area contributed by atoms with E-state index in [1.54, 1.807) is 24.4 Å². The lowest BCUT2D eigenvalue weighted by atomic mass is 10.0. The molecule has 0 aliphatic rings. The van der Waals surface area contributed by atoms with Crippen LogP contribution in [0.15, 0.2) is 58.8 Å². The highest BCUT2D eigenvalue weighted by Gasteiger charge is 2.20. The first-order valence-electron chi connectivity index (χ1n) is 8.32. The van der Waals surface area contributed by atoms with Crippen LogP contribution in [0.25, 0.3) is 0 Å². The molecule has 0 saturated carbocycles. The molecule has 142 valence electrons. The highest BCUT2D eigenvalue weighted by atomic mass is 35.5. The monoisotopic (exact) mass is 422 g/mol. The van der Waals surface area contributed by atoms with Crippen LogP contribution in [0.3, 0.4) is 0 Å². The van der Waals surface area contributed by atoms with Gasteiger partial charge in [0.2, 0.25) is 0 Å². The van der Waals surface area contributed by atoms with Crippen LogP contribution in [0.4, 0.5) is 5.13 Å². The fourth-order valence-electron chi connectivity index (χ4n) is 2.64. The van der Waals surface area contributed by atoms with Gasteiger partial charge in [-0.15, -0.1) is 11.3 Å². The van der Waals surface area contributed by atoms with E-state index in [4.69, 9.17) is 11.6 Å². The Morgan fingerprint density at radius 3 is 2.67 bits per heavy atom. The minimum absolute atomic E-state index is 0.131. The zero-order chi connectivity index (χ0) is 19.4. The summed E-state index contributed by atoms with van der Waals surface area (Å²) in [5.41, 5.74) is 2.08. The maximum absolute atomic E-state index is 12.6. The van der Waals surface area contributed by atoms with Crippen molar-refractivity contribution >= 4 is 38.1 Å². The van der Waals surface area contributed by atoms with Crippen LogP contribution in [-0.4, -0.2) is 18.5 Å². The second-order valence-corrected chi connectivity index (χ2v) is 8.99. The van der Waals surface area contributed by atoms with Crippen LogP contribution in [0.1, 0.15) is 29.3 Å². The number of aliphatic hydroxyl groups is 1. The fraction of sp³-hybridized carbons (Fsp3) is 0.211. The van der Waals surface area contributed by atoms with E-state index in [1.165, 1.54) is 17.4 Å². The Morgan fingerprint density at radius 1 is 1.19 bits per heavy atom. The third-order valence-electron chi connectivity index (χ3n) is 4.14. The normalized spacial score (nSPS) is 12.7. The molecule has 2 aromatic carbocycles. The summed E-state index contributed by atoms with van der Waals surface area (Å²) in [6.07, 6.45) is 0.472. The number of nitrogens with one attached hydrogen (secondary N) is 1. The maximum atomic E-state index is 12.6. The summed E-state index contributed by atoms with van der Waals surface area (Å²) in [6.45, 7) is 1.66. The van der Waals surface area contributed by atoms with E-state index >= 15 is 0 Å². The summed E-state index contributed by atoms with van der Waals surface area (Å²) in [4.78, 5) is 4.45. The van der Waals surface area contributed by atoms with E-state index in [2.05, 4.69) is 9.71 Å². The molecule has 3 rings (SSSR count). The van der Waals surface area contributed by atoms with E-state index in [0.717, 1.165) is 11.3 Å². The zero-order valence-corrected chi connectivity index (χ0v) is 17.0. The van der Waals surface area contributed by atoms with E-state index in [1.807, 2.05) is 30.3 Å². The number of halogens is 1. The Hall–Kier alpha value is -1.93. The fourth-order valence-corrected chi connectivity index (χ4v) is 5.14. The number of aromatic nitrogens is 1. The molecular weight excluding hydrogens is 404 g/mol. The van der Waals surface area contributed by atoms with Gasteiger partial charge in [-0.25, -0.2) is 13.4 Å². The number of nitrogens with zero attached hydrogens (tertiary/aromatic N) is 1. The Labute approximate surface area is 167 Å². The smallest absolute Gasteiger partial charge is 0.263 e. The highest BCUT2D eigenvalue weighted by Crippen LogP contribution is 2.27. The van der Waals surface area contributed by atoms with Crippen LogP contribution in [0.5, 0.6) is 0 Å². The molecule has 0 amide bonds. The van der Waals surface area contributed by atoms with E-state index in [9.17, 15) is 13.5 Å². The third-order valence-corrected chi connectivity index (χ3v) is 6.97. The summed E-state index contributed by atoms with van der Waals surface area (Å²) >= 11 is 7.23. The van der Waals surface area contributed by atoms with Gasteiger partial charge in [-0.1, -0.05) is 48.0 Å². The second kappa shape index (κ2) is 8.39. The summed E-state index contributed by atoms with van der Waals surface area (Å²) in [5, 5.41) is 12.7. The number of hydrogen-bond donors (Lipinski definition) is 2. The van der Waals surface area contributed by atoms with Crippen molar-refractivity contribution in [3.8, 4) is 0 Å². The highest BCUT2D eigenvalue weighted by molar-refractivity contribution is 7.93. The first-order valence-corrected chi connectivity index (χ1v) is 11.1. The molecule has 0 fully saturated rings. The predicted molar refractivity (Wildman–Crippen MR) is 109 cm³/mol. The number of rotatable bonds is 7. The molecule has 5 nitrogen and oxygen atoms in total. The minimum atomic E-state index is -3.76. The summed E-state index contributed by atoms with van der Waals surface area (Å²) in [6, 6.07) is 14.2. The number of aryl methyl sites for hydroxylation is 1. The van der Waals surface area contributed by atoms with Gasteiger partial charge in [0, 0.05) is 10.4 Å². The average molecular weight is 423 g/mol. The first kappa shape index (κ1) is 19.8. The van der Waals surface area contributed by atoms with Crippen molar-refractivity contribution in [2.75, 3.05) is 4.72 Å². The molecule has 8 heteroatoms. The molecular formula is C19H19ClN2O3S2. The summed E-state index contributed by atoms with van der Waals surface area (Å²) < 4.78 is 27.7. The van der Waals surface area contributed by atoms with Gasteiger partial charge in [-0.05, 0) is 43.0 Å².